The van der Waals surface area contributed by atoms with Gasteiger partial charge in [0.25, 0.3) is 0 Å². The third kappa shape index (κ3) is 6.83. The first-order chi connectivity index (χ1) is 5.02. The van der Waals surface area contributed by atoms with Crippen molar-refractivity contribution in [2.75, 3.05) is 0 Å². The first-order valence-electron chi connectivity index (χ1n) is 3.41. The Morgan fingerprint density at radius 1 is 1.55 bits per heavy atom. The second-order valence-electron chi connectivity index (χ2n) is 2.35. The summed E-state index contributed by atoms with van der Waals surface area (Å²) in [6, 6.07) is 0. The van der Waals surface area contributed by atoms with Crippen LogP contribution in [-0.2, 0) is 14.3 Å². The Morgan fingerprint density at radius 2 is 2.09 bits per heavy atom. The van der Waals surface area contributed by atoms with Crippen LogP contribution in [0.3, 0.4) is 0 Å². The predicted octanol–water partition coefficient (Wildman–Crippen LogP) is 0.803. The van der Waals surface area contributed by atoms with Gasteiger partial charge in [-0.1, -0.05) is 0 Å². The third-order valence-corrected chi connectivity index (χ3v) is 1.13. The maximum absolute atomic E-state index is 10.3. The number of aliphatic carboxylic acids is 1. The minimum atomic E-state index is -0.871. The number of hydrogen-bond acceptors (Lipinski definition) is 3. The fraction of sp³-hybridized carbons (Fsp3) is 0.714. The molecule has 1 atom stereocenters. The van der Waals surface area contributed by atoms with Gasteiger partial charge < -0.3 is 9.84 Å². The number of carboxylic acids is 1. The van der Waals surface area contributed by atoms with Crippen LogP contribution < -0.4 is 0 Å². The topological polar surface area (TPSA) is 63.6 Å². The van der Waals surface area contributed by atoms with Gasteiger partial charge in [-0.15, -0.1) is 0 Å². The molecule has 0 rings (SSSR count). The zero-order valence-corrected chi connectivity index (χ0v) is 6.66. The van der Waals surface area contributed by atoms with E-state index in [0.717, 1.165) is 0 Å². The molecule has 0 aliphatic rings. The highest BCUT2D eigenvalue weighted by Crippen LogP contribution is 2.01. The Hall–Kier alpha value is -1.06. The molecule has 11 heavy (non-hydrogen) atoms. The van der Waals surface area contributed by atoms with Crippen molar-refractivity contribution >= 4 is 11.9 Å². The molecule has 0 aliphatic heterocycles. The molecule has 0 heterocycles. The van der Waals surface area contributed by atoms with E-state index in [1.165, 1.54) is 6.92 Å². The summed E-state index contributed by atoms with van der Waals surface area (Å²) in [5.74, 6) is -1.24. The summed E-state index contributed by atoms with van der Waals surface area (Å²) in [4.78, 5) is 20.4. The molecular formula is C7H12O4. The monoisotopic (exact) mass is 160 g/mol. The minimum Gasteiger partial charge on any atom is -0.481 e. The van der Waals surface area contributed by atoms with Gasteiger partial charge in [0.2, 0.25) is 0 Å². The van der Waals surface area contributed by atoms with Crippen molar-refractivity contribution in [2.24, 2.45) is 0 Å². The molecule has 0 bridgehead atoms. The van der Waals surface area contributed by atoms with Gasteiger partial charge in [0, 0.05) is 13.3 Å². The van der Waals surface area contributed by atoms with Crippen LogP contribution in [0.5, 0.6) is 0 Å². The molecule has 0 radical (unpaired) electrons. The standard InChI is InChI=1S/C7H12O4/c1-5(11-6(2)8)3-4-7(9)10/h5H,3-4H2,1-2H3,(H,9,10)/t5-/m0/s1. The van der Waals surface area contributed by atoms with E-state index in [1.807, 2.05) is 0 Å². The maximum atomic E-state index is 10.3. The Labute approximate surface area is 65.2 Å². The Kier molecular flexibility index (Phi) is 4.26. The van der Waals surface area contributed by atoms with E-state index < -0.39 is 5.97 Å². The minimum absolute atomic E-state index is 0.0362. The van der Waals surface area contributed by atoms with Crippen LogP contribution in [0.4, 0.5) is 0 Å². The number of rotatable bonds is 4. The average Bonchev–Trinajstić information content (AvgIpc) is 1.82. The van der Waals surface area contributed by atoms with Gasteiger partial charge in [-0.05, 0) is 13.3 Å². The van der Waals surface area contributed by atoms with Crippen LogP contribution in [0.2, 0.25) is 0 Å². The first-order valence-corrected chi connectivity index (χ1v) is 3.41. The smallest absolute Gasteiger partial charge is 0.303 e. The average molecular weight is 160 g/mol. The molecule has 0 aromatic heterocycles. The molecule has 0 spiro atoms. The number of carbonyl (C=O) groups excluding carboxylic acids is 1. The highest BCUT2D eigenvalue weighted by atomic mass is 16.5. The van der Waals surface area contributed by atoms with E-state index in [0.29, 0.717) is 6.42 Å². The van der Waals surface area contributed by atoms with Gasteiger partial charge >= 0.3 is 11.9 Å². The summed E-state index contributed by atoms with van der Waals surface area (Å²) in [7, 11) is 0. The van der Waals surface area contributed by atoms with Crippen LogP contribution >= 0.6 is 0 Å². The van der Waals surface area contributed by atoms with E-state index in [2.05, 4.69) is 0 Å². The number of ether oxygens (including phenoxy) is 1. The van der Waals surface area contributed by atoms with Crippen molar-refractivity contribution in [3.8, 4) is 0 Å². The lowest BCUT2D eigenvalue weighted by Gasteiger charge is -2.09. The zero-order valence-electron chi connectivity index (χ0n) is 6.66. The molecule has 0 amide bonds. The zero-order chi connectivity index (χ0) is 8.85. The SMILES string of the molecule is CC(=O)O[C@@H](C)CCC(=O)O. The molecule has 1 N–H and O–H groups in total. The van der Waals surface area contributed by atoms with E-state index in [9.17, 15) is 9.59 Å². The second-order valence-corrected chi connectivity index (χ2v) is 2.35. The van der Waals surface area contributed by atoms with E-state index in [1.54, 1.807) is 6.92 Å². The number of carboxylic acid groups (broad SMARTS) is 1. The Balaban J connectivity index is 3.44. The molecule has 64 valence electrons. The molecule has 0 saturated heterocycles. The Bertz CT molecular complexity index is 153. The summed E-state index contributed by atoms with van der Waals surface area (Å²) in [6.45, 7) is 2.97. The summed E-state index contributed by atoms with van der Waals surface area (Å²) >= 11 is 0. The van der Waals surface area contributed by atoms with E-state index in [-0.39, 0.29) is 18.5 Å². The quantitative estimate of drug-likeness (QED) is 0.618. The van der Waals surface area contributed by atoms with Gasteiger partial charge in [-0.2, -0.15) is 0 Å². The van der Waals surface area contributed by atoms with Crippen molar-refractivity contribution < 1.29 is 19.4 Å². The van der Waals surface area contributed by atoms with Crippen LogP contribution in [0.25, 0.3) is 0 Å². The lowest BCUT2D eigenvalue weighted by Crippen LogP contribution is -2.13. The molecular weight excluding hydrogens is 148 g/mol. The highest BCUT2D eigenvalue weighted by molar-refractivity contribution is 5.67. The first kappa shape index (κ1) is 9.94. The van der Waals surface area contributed by atoms with Gasteiger partial charge in [0.1, 0.15) is 0 Å². The summed E-state index contributed by atoms with van der Waals surface area (Å²) < 4.78 is 4.70. The van der Waals surface area contributed by atoms with E-state index in [4.69, 9.17) is 9.84 Å². The van der Waals surface area contributed by atoms with Gasteiger partial charge in [-0.3, -0.25) is 9.59 Å². The highest BCUT2D eigenvalue weighted by Gasteiger charge is 2.07. The molecule has 0 aromatic rings. The van der Waals surface area contributed by atoms with Crippen LogP contribution in [0.15, 0.2) is 0 Å². The van der Waals surface area contributed by atoms with Crippen molar-refractivity contribution in [1.82, 2.24) is 0 Å². The van der Waals surface area contributed by atoms with Crippen LogP contribution in [0, 0.1) is 0 Å². The van der Waals surface area contributed by atoms with E-state index >= 15 is 0 Å². The molecule has 0 saturated carbocycles. The largest absolute Gasteiger partial charge is 0.481 e. The lowest BCUT2D eigenvalue weighted by molar-refractivity contribution is -0.147. The molecule has 0 aliphatic carbocycles. The molecule has 0 fully saturated rings. The number of esters is 1. The number of carbonyl (C=O) groups is 2. The summed E-state index contributed by atoms with van der Waals surface area (Å²) in [5, 5.41) is 8.26. The van der Waals surface area contributed by atoms with Crippen molar-refractivity contribution in [1.29, 1.82) is 0 Å². The lowest BCUT2D eigenvalue weighted by atomic mass is 10.2. The van der Waals surface area contributed by atoms with Crippen LogP contribution in [0.1, 0.15) is 26.7 Å². The second kappa shape index (κ2) is 4.71. The number of hydrogen-bond donors (Lipinski definition) is 1. The fourth-order valence-corrected chi connectivity index (χ4v) is 0.669. The van der Waals surface area contributed by atoms with Gasteiger partial charge in [-0.25, -0.2) is 0 Å². The van der Waals surface area contributed by atoms with Gasteiger partial charge in [0.05, 0.1) is 6.10 Å². The molecule has 4 nitrogen and oxygen atoms in total. The molecule has 0 aromatic carbocycles. The summed E-state index contributed by atoms with van der Waals surface area (Å²) in [5.41, 5.74) is 0. The maximum Gasteiger partial charge on any atom is 0.303 e. The van der Waals surface area contributed by atoms with Crippen molar-refractivity contribution in [3.05, 3.63) is 0 Å². The fourth-order valence-electron chi connectivity index (χ4n) is 0.669. The normalized spacial score (nSPS) is 12.2. The third-order valence-electron chi connectivity index (χ3n) is 1.13. The molecule has 0 unspecified atom stereocenters. The summed E-state index contributed by atoms with van der Waals surface area (Å²) in [6.07, 6.45) is 0.104. The predicted molar refractivity (Wildman–Crippen MR) is 38.1 cm³/mol. The van der Waals surface area contributed by atoms with Gasteiger partial charge in [0.15, 0.2) is 0 Å². The molecule has 4 heteroatoms. The Morgan fingerprint density at radius 3 is 2.45 bits per heavy atom. The van der Waals surface area contributed by atoms with Crippen LogP contribution in [-0.4, -0.2) is 23.1 Å². The van der Waals surface area contributed by atoms with Crippen molar-refractivity contribution in [2.45, 2.75) is 32.8 Å². The van der Waals surface area contributed by atoms with Crippen molar-refractivity contribution in [3.63, 3.8) is 0 Å².